The van der Waals surface area contributed by atoms with E-state index in [1.807, 2.05) is 0 Å². The van der Waals surface area contributed by atoms with Gasteiger partial charge in [0, 0.05) is 6.61 Å². The average Bonchev–Trinajstić information content (AvgIpc) is 2.78. The van der Waals surface area contributed by atoms with Crippen LogP contribution < -0.4 is 5.32 Å². The highest BCUT2D eigenvalue weighted by atomic mass is 16.5. The topological polar surface area (TPSA) is 58.6 Å². The Morgan fingerprint density at radius 1 is 0.677 bits per heavy atom. The van der Waals surface area contributed by atoms with Gasteiger partial charge in [-0.25, -0.2) is 0 Å². The number of ether oxygens (including phenoxy) is 1. The van der Waals surface area contributed by atoms with Crippen molar-refractivity contribution in [3.05, 3.63) is 0 Å². The number of rotatable bonds is 25. The van der Waals surface area contributed by atoms with Crippen molar-refractivity contribution < 1.29 is 14.6 Å². The van der Waals surface area contributed by atoms with Crippen LogP contribution in [-0.2, 0) is 9.53 Å². The SMILES string of the molecule is CCCCCCCCC(CCCCCCCC)C(=O)OCCCCCNCCCCO. The van der Waals surface area contributed by atoms with E-state index in [1.165, 1.54) is 77.0 Å². The summed E-state index contributed by atoms with van der Waals surface area (Å²) in [4.78, 5) is 12.7. The van der Waals surface area contributed by atoms with Crippen LogP contribution in [0.25, 0.3) is 0 Å². The Morgan fingerprint density at radius 2 is 1.16 bits per heavy atom. The number of carbonyl (C=O) groups excluding carboxylic acids is 1. The van der Waals surface area contributed by atoms with E-state index in [0.717, 1.165) is 58.0 Å². The van der Waals surface area contributed by atoms with Crippen LogP contribution in [0.15, 0.2) is 0 Å². The molecule has 0 aromatic rings. The van der Waals surface area contributed by atoms with Crippen molar-refractivity contribution in [1.29, 1.82) is 0 Å². The van der Waals surface area contributed by atoms with E-state index >= 15 is 0 Å². The molecule has 0 heterocycles. The number of unbranched alkanes of at least 4 members (excludes halogenated alkanes) is 13. The van der Waals surface area contributed by atoms with Crippen LogP contribution in [-0.4, -0.2) is 37.4 Å². The molecular weight excluding hydrogens is 386 g/mol. The van der Waals surface area contributed by atoms with Crippen LogP contribution in [0.5, 0.6) is 0 Å². The molecule has 4 nitrogen and oxygen atoms in total. The minimum atomic E-state index is 0.0595. The van der Waals surface area contributed by atoms with Crippen molar-refractivity contribution in [3.8, 4) is 0 Å². The lowest BCUT2D eigenvalue weighted by Crippen LogP contribution is -2.19. The van der Waals surface area contributed by atoms with Gasteiger partial charge in [0.15, 0.2) is 0 Å². The van der Waals surface area contributed by atoms with E-state index in [4.69, 9.17) is 9.84 Å². The fourth-order valence-electron chi connectivity index (χ4n) is 4.03. The zero-order valence-corrected chi connectivity index (χ0v) is 21.1. The first-order valence-corrected chi connectivity index (χ1v) is 13.7. The first kappa shape index (κ1) is 30.4. The van der Waals surface area contributed by atoms with Crippen LogP contribution in [0.2, 0.25) is 0 Å². The Kier molecular flexibility index (Phi) is 25.1. The van der Waals surface area contributed by atoms with Gasteiger partial charge in [-0.2, -0.15) is 0 Å². The second-order valence-corrected chi connectivity index (χ2v) is 9.22. The zero-order chi connectivity index (χ0) is 22.8. The highest BCUT2D eigenvalue weighted by Gasteiger charge is 2.19. The molecule has 0 aromatic heterocycles. The number of hydrogen-bond donors (Lipinski definition) is 2. The van der Waals surface area contributed by atoms with Crippen molar-refractivity contribution in [3.63, 3.8) is 0 Å². The number of aliphatic hydroxyl groups excluding tert-OH is 1. The minimum Gasteiger partial charge on any atom is -0.465 e. The second kappa shape index (κ2) is 25.6. The van der Waals surface area contributed by atoms with Crippen LogP contribution >= 0.6 is 0 Å². The molecule has 0 amide bonds. The number of carbonyl (C=O) groups is 1. The van der Waals surface area contributed by atoms with Crippen LogP contribution in [0.3, 0.4) is 0 Å². The Balaban J connectivity index is 3.95. The molecule has 0 aliphatic rings. The molecule has 0 bridgehead atoms. The summed E-state index contributed by atoms with van der Waals surface area (Å²) >= 11 is 0. The monoisotopic (exact) mass is 441 g/mol. The maximum Gasteiger partial charge on any atom is 0.308 e. The fourth-order valence-corrected chi connectivity index (χ4v) is 4.03. The Morgan fingerprint density at radius 3 is 1.71 bits per heavy atom. The molecule has 31 heavy (non-hydrogen) atoms. The summed E-state index contributed by atoms with van der Waals surface area (Å²) in [5.74, 6) is 0.176. The lowest BCUT2D eigenvalue weighted by atomic mass is 9.94. The van der Waals surface area contributed by atoms with Gasteiger partial charge in [-0.15, -0.1) is 0 Å². The molecule has 0 rings (SSSR count). The average molecular weight is 442 g/mol. The second-order valence-electron chi connectivity index (χ2n) is 9.22. The van der Waals surface area contributed by atoms with E-state index in [9.17, 15) is 4.79 Å². The van der Waals surface area contributed by atoms with E-state index in [1.54, 1.807) is 0 Å². The first-order chi connectivity index (χ1) is 15.3. The van der Waals surface area contributed by atoms with Gasteiger partial charge in [-0.05, 0) is 58.0 Å². The summed E-state index contributed by atoms with van der Waals surface area (Å²) in [7, 11) is 0. The maximum atomic E-state index is 12.7. The molecule has 0 spiro atoms. The molecule has 2 N–H and O–H groups in total. The standard InChI is InChI=1S/C27H55NO3/c1-3-5-7-9-11-14-20-26(21-15-12-10-8-6-4-2)27(30)31-25-19-13-16-22-28-23-17-18-24-29/h26,28-29H,3-25H2,1-2H3. The van der Waals surface area contributed by atoms with Crippen molar-refractivity contribution >= 4 is 5.97 Å². The molecule has 0 aliphatic heterocycles. The maximum absolute atomic E-state index is 12.7. The van der Waals surface area contributed by atoms with Gasteiger partial charge in [-0.1, -0.05) is 90.9 Å². The molecule has 0 saturated carbocycles. The number of esters is 1. The van der Waals surface area contributed by atoms with Gasteiger partial charge < -0.3 is 15.2 Å². The minimum absolute atomic E-state index is 0.0595. The molecule has 0 atom stereocenters. The number of hydrogen-bond acceptors (Lipinski definition) is 4. The molecular formula is C27H55NO3. The summed E-state index contributed by atoms with van der Waals surface area (Å²) in [6.07, 6.45) is 22.5. The lowest BCUT2D eigenvalue weighted by molar-refractivity contribution is -0.149. The molecule has 0 saturated heterocycles. The summed E-state index contributed by atoms with van der Waals surface area (Å²) in [6, 6.07) is 0. The molecule has 4 heteroatoms. The van der Waals surface area contributed by atoms with Crippen LogP contribution in [0.4, 0.5) is 0 Å². The van der Waals surface area contributed by atoms with E-state index < -0.39 is 0 Å². The molecule has 0 fully saturated rings. The van der Waals surface area contributed by atoms with Gasteiger partial charge in [0.2, 0.25) is 0 Å². The van der Waals surface area contributed by atoms with Gasteiger partial charge in [0.05, 0.1) is 12.5 Å². The normalized spacial score (nSPS) is 11.4. The third-order valence-electron chi connectivity index (χ3n) is 6.15. The van der Waals surface area contributed by atoms with Crippen molar-refractivity contribution in [2.24, 2.45) is 5.92 Å². The Hall–Kier alpha value is -0.610. The predicted molar refractivity (Wildman–Crippen MR) is 133 cm³/mol. The Labute approximate surface area is 194 Å². The zero-order valence-electron chi connectivity index (χ0n) is 21.1. The van der Waals surface area contributed by atoms with Gasteiger partial charge in [0.25, 0.3) is 0 Å². The van der Waals surface area contributed by atoms with E-state index in [-0.39, 0.29) is 18.5 Å². The van der Waals surface area contributed by atoms with E-state index in [0.29, 0.717) is 6.61 Å². The van der Waals surface area contributed by atoms with Crippen LogP contribution in [0.1, 0.15) is 136 Å². The van der Waals surface area contributed by atoms with Crippen molar-refractivity contribution in [2.75, 3.05) is 26.3 Å². The number of aliphatic hydroxyl groups is 1. The predicted octanol–water partition coefficient (Wildman–Crippen LogP) is 7.18. The highest BCUT2D eigenvalue weighted by Crippen LogP contribution is 2.21. The third kappa shape index (κ3) is 22.4. The molecule has 0 radical (unpaired) electrons. The fraction of sp³-hybridized carbons (Fsp3) is 0.963. The largest absolute Gasteiger partial charge is 0.465 e. The van der Waals surface area contributed by atoms with Crippen molar-refractivity contribution in [1.82, 2.24) is 5.32 Å². The van der Waals surface area contributed by atoms with Gasteiger partial charge in [0.1, 0.15) is 0 Å². The molecule has 186 valence electrons. The van der Waals surface area contributed by atoms with Crippen molar-refractivity contribution in [2.45, 2.75) is 136 Å². The lowest BCUT2D eigenvalue weighted by Gasteiger charge is -2.16. The quantitative estimate of drug-likeness (QED) is 0.116. The van der Waals surface area contributed by atoms with Crippen LogP contribution in [0, 0.1) is 5.92 Å². The summed E-state index contributed by atoms with van der Waals surface area (Å²) in [5, 5.41) is 12.2. The molecule has 0 aromatic carbocycles. The molecule has 0 aliphatic carbocycles. The van der Waals surface area contributed by atoms with Gasteiger partial charge >= 0.3 is 5.97 Å². The smallest absolute Gasteiger partial charge is 0.308 e. The van der Waals surface area contributed by atoms with E-state index in [2.05, 4.69) is 19.2 Å². The summed E-state index contributed by atoms with van der Waals surface area (Å²) in [6.45, 7) is 7.36. The Bertz CT molecular complexity index is 346. The molecule has 0 unspecified atom stereocenters. The highest BCUT2D eigenvalue weighted by molar-refractivity contribution is 5.72. The number of nitrogens with one attached hydrogen (secondary N) is 1. The van der Waals surface area contributed by atoms with Gasteiger partial charge in [-0.3, -0.25) is 4.79 Å². The summed E-state index contributed by atoms with van der Waals surface area (Å²) in [5.41, 5.74) is 0. The summed E-state index contributed by atoms with van der Waals surface area (Å²) < 4.78 is 5.67. The first-order valence-electron chi connectivity index (χ1n) is 13.7. The third-order valence-corrected chi connectivity index (χ3v) is 6.15.